The number of hydrogen-bond acceptors (Lipinski definition) is 2. The molecule has 1 rings (SSSR count). The highest BCUT2D eigenvalue weighted by atomic mass is 16.2. The Morgan fingerprint density at radius 3 is 2.91 bits per heavy atom. The zero-order valence-corrected chi connectivity index (χ0v) is 6.66. The fourth-order valence-electron chi connectivity index (χ4n) is 0.704. The van der Waals surface area contributed by atoms with Gasteiger partial charge in [0.25, 0.3) is 0 Å². The molecule has 1 N–H and O–H groups in total. The number of aromatic nitrogens is 2. The minimum Gasteiger partial charge on any atom is -0.348 e. The van der Waals surface area contributed by atoms with Gasteiger partial charge in [0.05, 0.1) is 6.42 Å². The van der Waals surface area contributed by atoms with Gasteiger partial charge in [-0.25, -0.2) is 0 Å². The molecule has 1 aromatic rings. The van der Waals surface area contributed by atoms with Crippen LogP contribution in [-0.4, -0.2) is 35.1 Å². The van der Waals surface area contributed by atoms with E-state index in [9.17, 15) is 4.79 Å². The molecule has 0 unspecified atom stereocenters. The molecule has 1 heterocycles. The Bertz CT molecular complexity index is 228. The Morgan fingerprint density at radius 1 is 1.73 bits per heavy atom. The van der Waals surface area contributed by atoms with Crippen molar-refractivity contribution in [1.82, 2.24) is 15.1 Å². The molecular weight excluding hydrogens is 142 g/mol. The van der Waals surface area contributed by atoms with Gasteiger partial charge in [-0.3, -0.25) is 9.89 Å². The molecule has 0 spiro atoms. The van der Waals surface area contributed by atoms with Crippen LogP contribution in [0.25, 0.3) is 0 Å². The van der Waals surface area contributed by atoms with Crippen LogP contribution in [0, 0.1) is 0 Å². The van der Waals surface area contributed by atoms with E-state index in [0.717, 1.165) is 5.69 Å². The van der Waals surface area contributed by atoms with E-state index in [1.165, 1.54) is 0 Å². The van der Waals surface area contributed by atoms with E-state index in [1.54, 1.807) is 31.3 Å². The van der Waals surface area contributed by atoms with Crippen molar-refractivity contribution in [3.05, 3.63) is 18.0 Å². The van der Waals surface area contributed by atoms with E-state index in [2.05, 4.69) is 10.2 Å². The van der Waals surface area contributed by atoms with Gasteiger partial charge >= 0.3 is 0 Å². The van der Waals surface area contributed by atoms with E-state index < -0.39 is 0 Å². The van der Waals surface area contributed by atoms with Gasteiger partial charge in [0.15, 0.2) is 0 Å². The van der Waals surface area contributed by atoms with Crippen LogP contribution in [0.15, 0.2) is 12.3 Å². The van der Waals surface area contributed by atoms with E-state index in [1.807, 2.05) is 0 Å². The molecule has 0 aliphatic carbocycles. The molecule has 0 aromatic carbocycles. The van der Waals surface area contributed by atoms with Gasteiger partial charge in [-0.05, 0) is 6.07 Å². The fourth-order valence-corrected chi connectivity index (χ4v) is 0.704. The van der Waals surface area contributed by atoms with Crippen LogP contribution in [0.1, 0.15) is 5.69 Å². The lowest BCUT2D eigenvalue weighted by molar-refractivity contribution is -0.128. The first kappa shape index (κ1) is 7.78. The molecule has 60 valence electrons. The van der Waals surface area contributed by atoms with Crippen LogP contribution in [-0.2, 0) is 11.2 Å². The molecule has 0 radical (unpaired) electrons. The smallest absolute Gasteiger partial charge is 0.228 e. The van der Waals surface area contributed by atoms with Crippen molar-refractivity contribution in [1.29, 1.82) is 0 Å². The van der Waals surface area contributed by atoms with Crippen molar-refractivity contribution in [3.63, 3.8) is 0 Å². The summed E-state index contributed by atoms with van der Waals surface area (Å²) in [4.78, 5) is 12.6. The second-order valence-corrected chi connectivity index (χ2v) is 2.55. The first-order valence-corrected chi connectivity index (χ1v) is 3.38. The maximum Gasteiger partial charge on any atom is 0.228 e. The van der Waals surface area contributed by atoms with Crippen LogP contribution >= 0.6 is 0 Å². The molecule has 1 amide bonds. The predicted molar refractivity (Wildman–Crippen MR) is 41.0 cm³/mol. The van der Waals surface area contributed by atoms with Crippen LogP contribution in [0.2, 0.25) is 0 Å². The quantitative estimate of drug-likeness (QED) is 0.652. The van der Waals surface area contributed by atoms with Crippen LogP contribution < -0.4 is 0 Å². The number of nitrogens with zero attached hydrogens (tertiary/aromatic N) is 2. The van der Waals surface area contributed by atoms with Gasteiger partial charge in [-0.1, -0.05) is 0 Å². The van der Waals surface area contributed by atoms with Crippen LogP contribution in [0.4, 0.5) is 0 Å². The highest BCUT2D eigenvalue weighted by Crippen LogP contribution is 1.94. The molecule has 0 saturated heterocycles. The number of amides is 1. The number of nitrogens with one attached hydrogen (secondary N) is 1. The second kappa shape index (κ2) is 3.18. The topological polar surface area (TPSA) is 49.0 Å². The molecule has 11 heavy (non-hydrogen) atoms. The molecule has 0 fully saturated rings. The number of carbonyl (C=O) groups excluding carboxylic acids is 1. The number of rotatable bonds is 2. The molecule has 0 aliphatic rings. The lowest BCUT2D eigenvalue weighted by atomic mass is 10.3. The lowest BCUT2D eigenvalue weighted by Crippen LogP contribution is -2.23. The molecular formula is C7H11N3O. The Hall–Kier alpha value is -1.32. The zero-order valence-electron chi connectivity index (χ0n) is 6.66. The van der Waals surface area contributed by atoms with Crippen molar-refractivity contribution in [2.75, 3.05) is 14.1 Å². The minimum atomic E-state index is 0.0780. The van der Waals surface area contributed by atoms with E-state index in [4.69, 9.17) is 0 Å². The Kier molecular flexibility index (Phi) is 2.25. The number of hydrogen-bond donors (Lipinski definition) is 1. The average Bonchev–Trinajstić information content (AvgIpc) is 2.39. The van der Waals surface area contributed by atoms with E-state index in [0.29, 0.717) is 6.42 Å². The van der Waals surface area contributed by atoms with Gasteiger partial charge in [0, 0.05) is 26.0 Å². The summed E-state index contributed by atoms with van der Waals surface area (Å²) < 4.78 is 0. The number of likely N-dealkylation sites (N-methyl/N-ethyl adjacent to an activating group) is 1. The maximum atomic E-state index is 11.1. The summed E-state index contributed by atoms with van der Waals surface area (Å²) in [6.07, 6.45) is 2.03. The molecule has 1 aromatic heterocycles. The summed E-state index contributed by atoms with van der Waals surface area (Å²) >= 11 is 0. The average molecular weight is 153 g/mol. The van der Waals surface area contributed by atoms with Crippen molar-refractivity contribution >= 4 is 5.91 Å². The summed E-state index contributed by atoms with van der Waals surface area (Å²) in [5.41, 5.74) is 0.851. The van der Waals surface area contributed by atoms with Gasteiger partial charge in [0.2, 0.25) is 5.91 Å². The number of H-pyrrole nitrogens is 1. The highest BCUT2D eigenvalue weighted by Gasteiger charge is 2.05. The molecule has 0 atom stereocenters. The van der Waals surface area contributed by atoms with Crippen LogP contribution in [0.3, 0.4) is 0 Å². The molecule has 0 bridgehead atoms. The van der Waals surface area contributed by atoms with Gasteiger partial charge in [0.1, 0.15) is 0 Å². The predicted octanol–water partition coefficient (Wildman–Crippen LogP) is 0.0404. The number of carbonyl (C=O) groups is 1. The second-order valence-electron chi connectivity index (χ2n) is 2.55. The Morgan fingerprint density at radius 2 is 2.45 bits per heavy atom. The van der Waals surface area contributed by atoms with Crippen molar-refractivity contribution in [2.45, 2.75) is 6.42 Å². The largest absolute Gasteiger partial charge is 0.348 e. The Labute approximate surface area is 65.2 Å². The van der Waals surface area contributed by atoms with Crippen molar-refractivity contribution in [3.8, 4) is 0 Å². The summed E-state index contributed by atoms with van der Waals surface area (Å²) in [6.45, 7) is 0. The van der Waals surface area contributed by atoms with Crippen molar-refractivity contribution in [2.24, 2.45) is 0 Å². The molecule has 0 aliphatic heterocycles. The highest BCUT2D eigenvalue weighted by molar-refractivity contribution is 5.77. The normalized spacial score (nSPS) is 9.64. The monoisotopic (exact) mass is 153 g/mol. The molecule has 0 saturated carbocycles. The summed E-state index contributed by atoms with van der Waals surface area (Å²) in [6, 6.07) is 1.79. The Balaban J connectivity index is 2.50. The fraction of sp³-hybridized carbons (Fsp3) is 0.429. The van der Waals surface area contributed by atoms with E-state index in [-0.39, 0.29) is 5.91 Å². The third-order valence-corrected chi connectivity index (χ3v) is 1.40. The first-order valence-electron chi connectivity index (χ1n) is 3.38. The standard InChI is InChI=1S/C7H11N3O/c1-10(2)7(11)5-6-3-4-8-9-6/h3-4H,5H2,1-2H3,(H,8,9). The zero-order chi connectivity index (χ0) is 8.27. The number of aromatic amines is 1. The first-order chi connectivity index (χ1) is 5.20. The minimum absolute atomic E-state index is 0.0780. The third kappa shape index (κ3) is 2.07. The molecule has 4 nitrogen and oxygen atoms in total. The SMILES string of the molecule is CN(C)C(=O)Cc1ccn[nH]1. The van der Waals surface area contributed by atoms with Crippen molar-refractivity contribution < 1.29 is 4.79 Å². The van der Waals surface area contributed by atoms with Gasteiger partial charge in [-0.2, -0.15) is 5.10 Å². The van der Waals surface area contributed by atoms with Crippen LogP contribution in [0.5, 0.6) is 0 Å². The summed E-state index contributed by atoms with van der Waals surface area (Å²) in [7, 11) is 3.47. The van der Waals surface area contributed by atoms with E-state index >= 15 is 0 Å². The summed E-state index contributed by atoms with van der Waals surface area (Å²) in [5, 5.41) is 6.46. The third-order valence-electron chi connectivity index (χ3n) is 1.40. The molecule has 4 heteroatoms. The maximum absolute atomic E-state index is 11.1. The summed E-state index contributed by atoms with van der Waals surface area (Å²) in [5.74, 6) is 0.0780. The lowest BCUT2D eigenvalue weighted by Gasteiger charge is -2.07. The van der Waals surface area contributed by atoms with Gasteiger partial charge < -0.3 is 4.90 Å². The van der Waals surface area contributed by atoms with Gasteiger partial charge in [-0.15, -0.1) is 0 Å².